The number of phenols is 1. The van der Waals surface area contributed by atoms with E-state index in [2.05, 4.69) is 31.8 Å². The van der Waals surface area contributed by atoms with Crippen molar-refractivity contribution in [2.45, 2.75) is 0 Å². The Balaban J connectivity index is 1.47. The number of phenolic OH excluding ortho intramolecular Hbond substituents is 1. The fourth-order valence-electron chi connectivity index (χ4n) is 3.21. The molecule has 0 spiro atoms. The summed E-state index contributed by atoms with van der Waals surface area (Å²) in [5.74, 6) is -0.660. The van der Waals surface area contributed by atoms with Gasteiger partial charge < -0.3 is 10.4 Å². The minimum Gasteiger partial charge on any atom is -0.507 e. The minimum atomic E-state index is -0.445. The Bertz CT molecular complexity index is 1350. The molecule has 0 saturated heterocycles. The fourth-order valence-corrected chi connectivity index (χ4v) is 3.61. The number of hydrogen-bond donors (Lipinski definition) is 3. The molecule has 158 valence electrons. The topological polar surface area (TPSA) is 90.8 Å². The van der Waals surface area contributed by atoms with Crippen LogP contribution >= 0.6 is 15.9 Å². The van der Waals surface area contributed by atoms with Crippen molar-refractivity contribution in [3.63, 3.8) is 0 Å². The minimum absolute atomic E-state index is 0.0685. The highest BCUT2D eigenvalue weighted by atomic mass is 79.9. The number of carbonyl (C=O) groups is 2. The number of rotatable bonds is 5. The van der Waals surface area contributed by atoms with Crippen LogP contribution in [-0.2, 0) is 0 Å². The second-order valence-electron chi connectivity index (χ2n) is 6.96. The number of anilines is 1. The highest BCUT2D eigenvalue weighted by molar-refractivity contribution is 9.10. The molecule has 0 heterocycles. The van der Waals surface area contributed by atoms with Gasteiger partial charge in [-0.25, -0.2) is 5.43 Å². The van der Waals surface area contributed by atoms with E-state index >= 15 is 0 Å². The van der Waals surface area contributed by atoms with Gasteiger partial charge in [-0.05, 0) is 53.2 Å². The summed E-state index contributed by atoms with van der Waals surface area (Å²) in [4.78, 5) is 25.0. The first-order valence-electron chi connectivity index (χ1n) is 9.72. The van der Waals surface area contributed by atoms with Crippen molar-refractivity contribution in [3.05, 3.63) is 106 Å². The average Bonchev–Trinajstić information content (AvgIpc) is 2.80. The lowest BCUT2D eigenvalue weighted by Gasteiger charge is -2.08. The van der Waals surface area contributed by atoms with Crippen LogP contribution in [0.15, 0.2) is 94.5 Å². The van der Waals surface area contributed by atoms with Crippen LogP contribution in [-0.4, -0.2) is 23.1 Å². The van der Waals surface area contributed by atoms with E-state index in [9.17, 15) is 14.7 Å². The van der Waals surface area contributed by atoms with Gasteiger partial charge in [0, 0.05) is 26.9 Å². The summed E-state index contributed by atoms with van der Waals surface area (Å²) in [6, 6.07) is 24.6. The van der Waals surface area contributed by atoms with Gasteiger partial charge >= 0.3 is 0 Å². The Kier molecular flexibility index (Phi) is 6.28. The van der Waals surface area contributed by atoms with Gasteiger partial charge in [-0.2, -0.15) is 5.10 Å². The predicted molar refractivity (Wildman–Crippen MR) is 129 cm³/mol. The van der Waals surface area contributed by atoms with Gasteiger partial charge in [0.25, 0.3) is 11.8 Å². The first kappa shape index (κ1) is 21.3. The van der Waals surface area contributed by atoms with E-state index in [1.165, 1.54) is 6.21 Å². The van der Waals surface area contributed by atoms with Gasteiger partial charge in [0.15, 0.2) is 0 Å². The first-order valence-corrected chi connectivity index (χ1v) is 10.5. The van der Waals surface area contributed by atoms with Gasteiger partial charge in [-0.15, -0.1) is 0 Å². The number of hydrazone groups is 1. The molecule has 0 atom stereocenters. The second-order valence-corrected chi connectivity index (χ2v) is 7.88. The summed E-state index contributed by atoms with van der Waals surface area (Å²) in [5.41, 5.74) is 4.28. The zero-order valence-electron chi connectivity index (χ0n) is 16.7. The summed E-state index contributed by atoms with van der Waals surface area (Å²) in [5, 5.41) is 18.7. The molecular formula is C25H18BrN3O3. The molecule has 6 nitrogen and oxygen atoms in total. The Morgan fingerprint density at radius 3 is 2.41 bits per heavy atom. The van der Waals surface area contributed by atoms with E-state index in [-0.39, 0.29) is 11.7 Å². The molecule has 0 fully saturated rings. The van der Waals surface area contributed by atoms with E-state index in [4.69, 9.17) is 0 Å². The summed E-state index contributed by atoms with van der Waals surface area (Å²) in [6.45, 7) is 0. The van der Waals surface area contributed by atoms with E-state index < -0.39 is 5.91 Å². The van der Waals surface area contributed by atoms with Crippen LogP contribution in [0.4, 0.5) is 5.69 Å². The van der Waals surface area contributed by atoms with Crippen molar-refractivity contribution in [2.24, 2.45) is 5.10 Å². The molecule has 7 heteroatoms. The Hall–Kier alpha value is -3.97. The van der Waals surface area contributed by atoms with E-state index in [0.717, 1.165) is 15.2 Å². The normalized spacial score (nSPS) is 10.9. The van der Waals surface area contributed by atoms with Crippen LogP contribution in [0.2, 0.25) is 0 Å². The van der Waals surface area contributed by atoms with Crippen LogP contribution < -0.4 is 10.7 Å². The summed E-state index contributed by atoms with van der Waals surface area (Å²) < 4.78 is 0.799. The Labute approximate surface area is 192 Å². The number of fused-ring (bicyclic) bond motifs is 1. The van der Waals surface area contributed by atoms with Crippen molar-refractivity contribution in [2.75, 3.05) is 5.32 Å². The van der Waals surface area contributed by atoms with Crippen LogP contribution in [0.1, 0.15) is 26.3 Å². The van der Waals surface area contributed by atoms with Gasteiger partial charge in [-0.1, -0.05) is 58.4 Å². The largest absolute Gasteiger partial charge is 0.507 e. The maximum Gasteiger partial charge on any atom is 0.271 e. The predicted octanol–water partition coefficient (Wildman–Crippen LogP) is 5.32. The van der Waals surface area contributed by atoms with Gasteiger partial charge in [0.05, 0.1) is 6.21 Å². The summed E-state index contributed by atoms with van der Waals surface area (Å²) >= 11 is 3.34. The quantitative estimate of drug-likeness (QED) is 0.262. The molecule has 0 aliphatic carbocycles. The lowest BCUT2D eigenvalue weighted by Crippen LogP contribution is -2.18. The molecule has 32 heavy (non-hydrogen) atoms. The summed E-state index contributed by atoms with van der Waals surface area (Å²) in [7, 11) is 0. The maximum absolute atomic E-state index is 12.5. The average molecular weight is 488 g/mol. The molecular weight excluding hydrogens is 470 g/mol. The highest BCUT2D eigenvalue weighted by Gasteiger charge is 2.10. The Morgan fingerprint density at radius 2 is 1.59 bits per heavy atom. The number of nitrogens with zero attached hydrogens (tertiary/aromatic N) is 1. The molecule has 0 radical (unpaired) electrons. The van der Waals surface area contributed by atoms with Crippen LogP contribution in [0.25, 0.3) is 10.8 Å². The third kappa shape index (κ3) is 4.84. The third-order valence-electron chi connectivity index (χ3n) is 4.78. The van der Waals surface area contributed by atoms with Crippen molar-refractivity contribution in [1.29, 1.82) is 0 Å². The molecule has 0 aromatic heterocycles. The zero-order valence-corrected chi connectivity index (χ0v) is 18.3. The van der Waals surface area contributed by atoms with Crippen molar-refractivity contribution in [3.8, 4) is 5.75 Å². The van der Waals surface area contributed by atoms with Crippen LogP contribution in [0, 0.1) is 0 Å². The summed E-state index contributed by atoms with van der Waals surface area (Å²) in [6.07, 6.45) is 1.41. The molecule has 0 bridgehead atoms. The molecule has 2 amide bonds. The molecule has 3 N–H and O–H groups in total. The number of nitrogens with one attached hydrogen (secondary N) is 2. The molecule has 0 unspecified atom stereocenters. The smallest absolute Gasteiger partial charge is 0.271 e. The number of hydrogen-bond acceptors (Lipinski definition) is 4. The van der Waals surface area contributed by atoms with E-state index in [1.54, 1.807) is 48.5 Å². The van der Waals surface area contributed by atoms with E-state index in [0.29, 0.717) is 22.4 Å². The second kappa shape index (κ2) is 9.45. The number of amides is 2. The van der Waals surface area contributed by atoms with E-state index in [1.807, 2.05) is 36.4 Å². The monoisotopic (exact) mass is 487 g/mol. The van der Waals surface area contributed by atoms with Crippen molar-refractivity contribution in [1.82, 2.24) is 5.43 Å². The van der Waals surface area contributed by atoms with Crippen LogP contribution in [0.3, 0.4) is 0 Å². The van der Waals surface area contributed by atoms with Gasteiger partial charge in [0.2, 0.25) is 0 Å². The number of halogens is 1. The lowest BCUT2D eigenvalue weighted by atomic mass is 10.0. The lowest BCUT2D eigenvalue weighted by molar-refractivity contribution is 0.0953. The highest BCUT2D eigenvalue weighted by Crippen LogP contribution is 2.25. The van der Waals surface area contributed by atoms with Crippen molar-refractivity contribution >= 4 is 50.4 Å². The molecule has 4 aromatic carbocycles. The third-order valence-corrected chi connectivity index (χ3v) is 5.27. The maximum atomic E-state index is 12.5. The fraction of sp³-hybridized carbons (Fsp3) is 0. The number of benzene rings is 4. The molecule has 0 saturated carbocycles. The first-order chi connectivity index (χ1) is 15.5. The van der Waals surface area contributed by atoms with Crippen LogP contribution in [0.5, 0.6) is 5.75 Å². The van der Waals surface area contributed by atoms with Gasteiger partial charge in [0.1, 0.15) is 5.75 Å². The molecule has 0 aliphatic heterocycles. The Morgan fingerprint density at radius 1 is 0.844 bits per heavy atom. The number of aromatic hydroxyl groups is 1. The molecule has 0 aliphatic rings. The number of carbonyl (C=O) groups excluding carboxylic acids is 2. The zero-order chi connectivity index (χ0) is 22.5. The van der Waals surface area contributed by atoms with Crippen molar-refractivity contribution < 1.29 is 14.7 Å². The molecule has 4 rings (SSSR count). The molecule has 4 aromatic rings. The van der Waals surface area contributed by atoms with Gasteiger partial charge in [-0.3, -0.25) is 9.59 Å². The standard InChI is InChI=1S/C25H18BrN3O3/c26-19-8-3-6-17(13-19)24(31)28-20-9-4-7-18(14-20)25(32)29-27-15-22-21-10-2-1-5-16(21)11-12-23(22)30/h1-15,30H,(H,28,31)(H,29,32)/b27-15+. The SMILES string of the molecule is O=C(N/N=C/c1c(O)ccc2ccccc12)c1cccc(NC(=O)c2cccc(Br)c2)c1.